The monoisotopic (exact) mass is 329 g/mol. The van der Waals surface area contributed by atoms with E-state index in [0.29, 0.717) is 25.1 Å². The molecule has 1 aliphatic carbocycles. The lowest BCUT2D eigenvalue weighted by Gasteiger charge is -2.23. The number of aliphatic carboxylic acids is 1. The largest absolute Gasteiger partial charge is 0.481 e. The van der Waals surface area contributed by atoms with Gasteiger partial charge in [-0.25, -0.2) is 4.98 Å². The molecule has 1 saturated carbocycles. The second kappa shape index (κ2) is 5.76. The number of carboxylic acids is 1. The van der Waals surface area contributed by atoms with E-state index < -0.39 is 11.4 Å². The fraction of sp³-hybridized carbons (Fsp3) is 0.611. The Bertz CT molecular complexity index is 654. The Hall–Kier alpha value is -2.11. The van der Waals surface area contributed by atoms with Crippen LogP contribution in [0.5, 0.6) is 0 Å². The number of anilines is 1. The van der Waals surface area contributed by atoms with Gasteiger partial charge in [-0.1, -0.05) is 6.42 Å². The lowest BCUT2D eigenvalue weighted by atomic mass is 9.81. The highest BCUT2D eigenvalue weighted by molar-refractivity contribution is 5.95. The van der Waals surface area contributed by atoms with Crippen LogP contribution in [-0.4, -0.2) is 53.0 Å². The zero-order valence-corrected chi connectivity index (χ0v) is 13.8. The van der Waals surface area contributed by atoms with Crippen molar-refractivity contribution in [3.63, 3.8) is 0 Å². The second-order valence-corrected chi connectivity index (χ2v) is 7.34. The molecule has 128 valence electrons. The van der Waals surface area contributed by atoms with Crippen LogP contribution in [0.1, 0.15) is 42.5 Å². The van der Waals surface area contributed by atoms with Crippen LogP contribution < -0.4 is 4.90 Å². The Morgan fingerprint density at radius 3 is 2.62 bits per heavy atom. The molecular formula is C18H23N3O3. The van der Waals surface area contributed by atoms with Crippen LogP contribution in [0.25, 0.3) is 0 Å². The average Bonchev–Trinajstić information content (AvgIpc) is 3.29. The summed E-state index contributed by atoms with van der Waals surface area (Å²) in [7, 11) is 0. The summed E-state index contributed by atoms with van der Waals surface area (Å²) in [5.74, 6) is 0.174. The van der Waals surface area contributed by atoms with Gasteiger partial charge in [0, 0.05) is 32.4 Å². The maximum absolute atomic E-state index is 12.8. The lowest BCUT2D eigenvalue weighted by Crippen LogP contribution is -2.37. The van der Waals surface area contributed by atoms with Crippen molar-refractivity contribution in [2.45, 2.75) is 32.1 Å². The van der Waals surface area contributed by atoms with E-state index in [2.05, 4.69) is 9.88 Å². The summed E-state index contributed by atoms with van der Waals surface area (Å²) in [6.07, 6.45) is 6.55. The summed E-state index contributed by atoms with van der Waals surface area (Å²) in [6, 6.07) is 3.73. The van der Waals surface area contributed by atoms with Gasteiger partial charge in [0.1, 0.15) is 5.82 Å². The zero-order chi connectivity index (χ0) is 16.7. The molecule has 0 spiro atoms. The van der Waals surface area contributed by atoms with E-state index in [1.165, 1.54) is 12.8 Å². The maximum atomic E-state index is 12.8. The fourth-order valence-electron chi connectivity index (χ4n) is 4.62. The van der Waals surface area contributed by atoms with Gasteiger partial charge in [-0.2, -0.15) is 0 Å². The Kier molecular flexibility index (Phi) is 3.70. The first-order valence-electron chi connectivity index (χ1n) is 8.84. The Balaban J connectivity index is 1.49. The number of fused-ring (bicyclic) bond motifs is 1. The Morgan fingerprint density at radius 2 is 2.00 bits per heavy atom. The first-order valence-corrected chi connectivity index (χ1v) is 8.84. The van der Waals surface area contributed by atoms with Gasteiger partial charge in [-0.15, -0.1) is 0 Å². The second-order valence-electron chi connectivity index (χ2n) is 7.34. The summed E-state index contributed by atoms with van der Waals surface area (Å²) >= 11 is 0. The van der Waals surface area contributed by atoms with Gasteiger partial charge in [0.05, 0.1) is 11.0 Å². The maximum Gasteiger partial charge on any atom is 0.311 e. The van der Waals surface area contributed by atoms with Crippen LogP contribution in [0.15, 0.2) is 18.3 Å². The molecule has 3 aliphatic rings. The molecule has 1 amide bonds. The van der Waals surface area contributed by atoms with Crippen molar-refractivity contribution in [3.8, 4) is 0 Å². The number of rotatable bonds is 3. The number of pyridine rings is 1. The molecule has 0 bridgehead atoms. The smallest absolute Gasteiger partial charge is 0.311 e. The minimum atomic E-state index is -0.747. The number of carbonyl (C=O) groups is 2. The molecule has 1 N–H and O–H groups in total. The zero-order valence-electron chi connectivity index (χ0n) is 13.8. The molecule has 6 nitrogen and oxygen atoms in total. The number of carboxylic acid groups (broad SMARTS) is 1. The summed E-state index contributed by atoms with van der Waals surface area (Å²) in [6.45, 7) is 2.93. The number of carbonyl (C=O) groups excluding carboxylic acids is 1. The molecule has 4 rings (SSSR count). The van der Waals surface area contributed by atoms with E-state index >= 15 is 0 Å². The molecule has 2 aliphatic heterocycles. The minimum Gasteiger partial charge on any atom is -0.481 e. The van der Waals surface area contributed by atoms with Gasteiger partial charge >= 0.3 is 5.97 Å². The Labute approximate surface area is 141 Å². The van der Waals surface area contributed by atoms with Gasteiger partial charge < -0.3 is 14.9 Å². The van der Waals surface area contributed by atoms with Crippen LogP contribution in [0.2, 0.25) is 0 Å². The normalized spacial score (nSPS) is 29.1. The summed E-state index contributed by atoms with van der Waals surface area (Å²) in [5.41, 5.74) is -0.170. The molecule has 1 aromatic rings. The predicted octanol–water partition coefficient (Wildman–Crippen LogP) is 2.01. The molecule has 1 aromatic heterocycles. The molecule has 0 radical (unpaired) electrons. The topological polar surface area (TPSA) is 73.7 Å². The average molecular weight is 329 g/mol. The van der Waals surface area contributed by atoms with E-state index in [1.807, 2.05) is 12.1 Å². The number of likely N-dealkylation sites (tertiary alicyclic amines) is 1. The number of hydrogen-bond acceptors (Lipinski definition) is 4. The molecule has 2 saturated heterocycles. The van der Waals surface area contributed by atoms with Crippen LogP contribution in [0.3, 0.4) is 0 Å². The van der Waals surface area contributed by atoms with Crippen molar-refractivity contribution in [2.75, 3.05) is 31.1 Å². The third kappa shape index (κ3) is 2.36. The van der Waals surface area contributed by atoms with Crippen molar-refractivity contribution < 1.29 is 14.7 Å². The van der Waals surface area contributed by atoms with E-state index in [1.54, 1.807) is 11.1 Å². The molecule has 3 heterocycles. The van der Waals surface area contributed by atoms with Gasteiger partial charge in [0.2, 0.25) is 0 Å². The molecule has 0 aromatic carbocycles. The van der Waals surface area contributed by atoms with E-state index in [-0.39, 0.29) is 11.8 Å². The molecule has 3 fully saturated rings. The molecule has 0 unspecified atom stereocenters. The molecular weight excluding hydrogens is 306 g/mol. The first-order chi connectivity index (χ1) is 11.6. The number of hydrogen-bond donors (Lipinski definition) is 1. The van der Waals surface area contributed by atoms with Crippen LogP contribution in [-0.2, 0) is 4.79 Å². The number of aromatic nitrogens is 1. The highest BCUT2D eigenvalue weighted by Crippen LogP contribution is 2.49. The van der Waals surface area contributed by atoms with Gasteiger partial charge in [0.25, 0.3) is 5.91 Å². The minimum absolute atomic E-state index is 0.0921. The SMILES string of the molecule is O=C(c1ccc(N2CCCC2)nc1)N1C[C@@H]2CCC[C@@]2(C(=O)O)C1. The predicted molar refractivity (Wildman–Crippen MR) is 89.0 cm³/mol. The summed E-state index contributed by atoms with van der Waals surface area (Å²) in [4.78, 5) is 32.9. The molecule has 2 atom stereocenters. The van der Waals surface area contributed by atoms with Gasteiger partial charge in [0.15, 0.2) is 0 Å². The quantitative estimate of drug-likeness (QED) is 0.918. The number of nitrogens with zero attached hydrogens (tertiary/aromatic N) is 3. The van der Waals surface area contributed by atoms with Crippen molar-refractivity contribution in [1.29, 1.82) is 0 Å². The Morgan fingerprint density at radius 1 is 1.21 bits per heavy atom. The van der Waals surface area contributed by atoms with Crippen LogP contribution in [0.4, 0.5) is 5.82 Å². The fourth-order valence-corrected chi connectivity index (χ4v) is 4.62. The first kappa shape index (κ1) is 15.4. The molecule has 6 heteroatoms. The molecule has 24 heavy (non-hydrogen) atoms. The highest BCUT2D eigenvalue weighted by Gasteiger charge is 2.55. The third-order valence-corrected chi connectivity index (χ3v) is 6.01. The van der Waals surface area contributed by atoms with Crippen LogP contribution >= 0.6 is 0 Å². The summed E-state index contributed by atoms with van der Waals surface area (Å²) < 4.78 is 0. The van der Waals surface area contributed by atoms with Crippen molar-refractivity contribution in [3.05, 3.63) is 23.9 Å². The lowest BCUT2D eigenvalue weighted by molar-refractivity contribution is -0.149. The van der Waals surface area contributed by atoms with E-state index in [0.717, 1.165) is 31.7 Å². The highest BCUT2D eigenvalue weighted by atomic mass is 16.4. The standard InChI is InChI=1S/C18H23N3O3/c22-16(13-5-6-15(19-10-13)20-8-1-2-9-20)21-11-14-4-3-7-18(14,12-21)17(23)24/h5-6,10,14H,1-4,7-9,11-12H2,(H,23,24)/t14-,18+/m0/s1. The van der Waals surface area contributed by atoms with Crippen LogP contribution in [0, 0.1) is 11.3 Å². The van der Waals surface area contributed by atoms with Crippen molar-refractivity contribution in [1.82, 2.24) is 9.88 Å². The van der Waals surface area contributed by atoms with E-state index in [9.17, 15) is 14.7 Å². The van der Waals surface area contributed by atoms with Crippen molar-refractivity contribution >= 4 is 17.7 Å². The summed E-state index contributed by atoms with van der Waals surface area (Å²) in [5, 5.41) is 9.65. The van der Waals surface area contributed by atoms with Gasteiger partial charge in [-0.3, -0.25) is 9.59 Å². The number of amides is 1. The third-order valence-electron chi connectivity index (χ3n) is 6.01. The van der Waals surface area contributed by atoms with E-state index in [4.69, 9.17) is 0 Å². The van der Waals surface area contributed by atoms with Crippen molar-refractivity contribution in [2.24, 2.45) is 11.3 Å². The van der Waals surface area contributed by atoms with Gasteiger partial charge in [-0.05, 0) is 43.7 Å².